The average Bonchev–Trinajstić information content (AvgIpc) is 2.28. The summed E-state index contributed by atoms with van der Waals surface area (Å²) in [5.41, 5.74) is 0. The van der Waals surface area contributed by atoms with Gasteiger partial charge in [-0.1, -0.05) is 27.5 Å². The lowest BCUT2D eigenvalue weighted by molar-refractivity contribution is 0.372. The van der Waals surface area contributed by atoms with Gasteiger partial charge in [0.2, 0.25) is 10.0 Å². The first-order chi connectivity index (χ1) is 8.30. The van der Waals surface area contributed by atoms with E-state index in [0.29, 0.717) is 11.9 Å². The van der Waals surface area contributed by atoms with Gasteiger partial charge >= 0.3 is 0 Å². The van der Waals surface area contributed by atoms with Crippen LogP contribution in [0.2, 0.25) is 5.02 Å². The van der Waals surface area contributed by atoms with Crippen LogP contribution >= 0.6 is 27.5 Å². The number of hydrogen-bond acceptors (Lipinski definition) is 2. The van der Waals surface area contributed by atoms with Gasteiger partial charge in [-0.05, 0) is 32.0 Å². The smallest absolute Gasteiger partial charge is 0.207 e. The molecule has 7 heteroatoms. The summed E-state index contributed by atoms with van der Waals surface area (Å²) in [5.74, 6) is -0.625. The van der Waals surface area contributed by atoms with Crippen molar-refractivity contribution in [2.45, 2.75) is 24.8 Å². The molecule has 0 aromatic heterocycles. The van der Waals surface area contributed by atoms with Crippen molar-refractivity contribution >= 4 is 37.6 Å². The third kappa shape index (κ3) is 3.44. The topological polar surface area (TPSA) is 37.4 Å². The van der Waals surface area contributed by atoms with E-state index in [9.17, 15) is 12.8 Å². The lowest BCUT2D eigenvalue weighted by Crippen LogP contribution is -2.38. The molecule has 102 valence electrons. The average molecular weight is 359 g/mol. The minimum absolute atomic E-state index is 0.0247. The van der Waals surface area contributed by atoms with Crippen molar-refractivity contribution in [1.29, 1.82) is 0 Å². The Kier molecular flexibility index (Phi) is 5.58. The van der Waals surface area contributed by atoms with Crippen LogP contribution in [-0.2, 0) is 10.0 Å². The Balaban J connectivity index is 3.30. The maximum Gasteiger partial charge on any atom is 0.244 e. The molecule has 1 aromatic carbocycles. The molecule has 0 bridgehead atoms. The quantitative estimate of drug-likeness (QED) is 0.758. The number of sulfonamides is 1. The summed E-state index contributed by atoms with van der Waals surface area (Å²) >= 11 is 9.05. The molecule has 0 unspecified atom stereocenters. The minimum atomic E-state index is -3.78. The summed E-state index contributed by atoms with van der Waals surface area (Å²) in [6.45, 7) is 3.81. The lowest BCUT2D eigenvalue weighted by Gasteiger charge is -2.25. The molecule has 18 heavy (non-hydrogen) atoms. The fourth-order valence-electron chi connectivity index (χ4n) is 1.54. The predicted molar refractivity (Wildman–Crippen MR) is 74.2 cm³/mol. The van der Waals surface area contributed by atoms with E-state index in [1.54, 1.807) is 13.8 Å². The summed E-state index contributed by atoms with van der Waals surface area (Å²) in [5, 5.41) is 0.522. The van der Waals surface area contributed by atoms with Crippen LogP contribution in [0.5, 0.6) is 0 Å². The van der Waals surface area contributed by atoms with Gasteiger partial charge in [-0.25, -0.2) is 12.8 Å². The lowest BCUT2D eigenvalue weighted by atomic mass is 10.3. The van der Waals surface area contributed by atoms with Gasteiger partial charge in [0.1, 0.15) is 10.7 Å². The van der Waals surface area contributed by atoms with Crippen molar-refractivity contribution in [1.82, 2.24) is 4.31 Å². The molecule has 0 fully saturated rings. The molecule has 0 spiro atoms. The Labute approximate surface area is 120 Å². The zero-order valence-electron chi connectivity index (χ0n) is 10.0. The van der Waals surface area contributed by atoms with E-state index in [0.717, 1.165) is 12.1 Å². The van der Waals surface area contributed by atoms with Crippen LogP contribution in [0, 0.1) is 5.82 Å². The molecule has 0 saturated heterocycles. The van der Waals surface area contributed by atoms with Crippen molar-refractivity contribution in [2.24, 2.45) is 0 Å². The molecule has 0 aliphatic heterocycles. The van der Waals surface area contributed by atoms with Gasteiger partial charge in [-0.2, -0.15) is 4.31 Å². The van der Waals surface area contributed by atoms with Crippen molar-refractivity contribution in [2.75, 3.05) is 11.9 Å². The van der Waals surface area contributed by atoms with Gasteiger partial charge in [-0.3, -0.25) is 0 Å². The van der Waals surface area contributed by atoms with Crippen LogP contribution in [0.15, 0.2) is 23.1 Å². The number of hydrogen-bond donors (Lipinski definition) is 0. The van der Waals surface area contributed by atoms with Crippen LogP contribution in [-0.4, -0.2) is 30.6 Å². The van der Waals surface area contributed by atoms with Gasteiger partial charge in [0, 0.05) is 17.9 Å². The summed E-state index contributed by atoms with van der Waals surface area (Å²) in [4.78, 5) is -0.196. The molecule has 1 rings (SSSR count). The number of benzene rings is 1. The highest BCUT2D eigenvalue weighted by Crippen LogP contribution is 2.26. The van der Waals surface area contributed by atoms with E-state index in [2.05, 4.69) is 15.9 Å². The second kappa shape index (κ2) is 6.32. The second-order valence-electron chi connectivity index (χ2n) is 3.97. The van der Waals surface area contributed by atoms with E-state index < -0.39 is 15.8 Å². The highest BCUT2D eigenvalue weighted by atomic mass is 79.9. The van der Waals surface area contributed by atoms with Crippen LogP contribution in [0.25, 0.3) is 0 Å². The zero-order valence-corrected chi connectivity index (χ0v) is 13.2. The maximum absolute atomic E-state index is 13.2. The van der Waals surface area contributed by atoms with Crippen molar-refractivity contribution in [3.8, 4) is 0 Å². The number of alkyl halides is 1. The largest absolute Gasteiger partial charge is 0.244 e. The van der Waals surface area contributed by atoms with E-state index in [-0.39, 0.29) is 16.0 Å². The first kappa shape index (κ1) is 15.9. The first-order valence-corrected chi connectivity index (χ1v) is 8.27. The molecule has 0 amide bonds. The van der Waals surface area contributed by atoms with E-state index in [4.69, 9.17) is 11.6 Å². The van der Waals surface area contributed by atoms with E-state index in [1.807, 2.05) is 0 Å². The number of nitrogens with zero attached hydrogens (tertiary/aromatic N) is 1. The monoisotopic (exact) mass is 357 g/mol. The molecular weight excluding hydrogens is 345 g/mol. The Morgan fingerprint density at radius 3 is 2.56 bits per heavy atom. The molecule has 0 aliphatic rings. The SMILES string of the molecule is CC(C)N(CCBr)S(=O)(=O)c1cc(F)ccc1Cl. The molecule has 0 aliphatic carbocycles. The third-order valence-electron chi connectivity index (χ3n) is 2.36. The molecule has 3 nitrogen and oxygen atoms in total. The van der Waals surface area contributed by atoms with Crippen molar-refractivity contribution in [3.63, 3.8) is 0 Å². The van der Waals surface area contributed by atoms with Crippen LogP contribution in [0.4, 0.5) is 4.39 Å². The standard InChI is InChI=1S/C11H14BrClFNO2S/c1-8(2)15(6-5-12)18(16,17)11-7-9(14)3-4-10(11)13/h3-4,7-8H,5-6H2,1-2H3. The normalized spacial score (nSPS) is 12.4. The molecule has 0 saturated carbocycles. The summed E-state index contributed by atoms with van der Waals surface area (Å²) in [6, 6.07) is 3.09. The third-order valence-corrected chi connectivity index (χ3v) is 5.27. The van der Waals surface area contributed by atoms with Crippen molar-refractivity contribution in [3.05, 3.63) is 29.0 Å². The molecule has 1 aromatic rings. The van der Waals surface area contributed by atoms with Crippen molar-refractivity contribution < 1.29 is 12.8 Å². The summed E-state index contributed by atoms with van der Waals surface area (Å²) in [7, 11) is -3.78. The van der Waals surface area contributed by atoms with Crippen LogP contribution in [0.1, 0.15) is 13.8 Å². The Morgan fingerprint density at radius 2 is 2.06 bits per heavy atom. The fourth-order valence-corrected chi connectivity index (χ4v) is 4.28. The van der Waals surface area contributed by atoms with Gasteiger partial charge < -0.3 is 0 Å². The Hall–Kier alpha value is -0.170. The van der Waals surface area contributed by atoms with Gasteiger partial charge in [0.05, 0.1) is 5.02 Å². The minimum Gasteiger partial charge on any atom is -0.207 e. The predicted octanol–water partition coefficient (Wildman–Crippen LogP) is 3.27. The van der Waals surface area contributed by atoms with Crippen LogP contribution in [0.3, 0.4) is 0 Å². The second-order valence-corrected chi connectivity index (χ2v) is 7.03. The highest BCUT2D eigenvalue weighted by Gasteiger charge is 2.28. The number of halogens is 3. The molecule has 0 radical (unpaired) electrons. The summed E-state index contributed by atoms with van der Waals surface area (Å²) in [6.07, 6.45) is 0. The van der Waals surface area contributed by atoms with Gasteiger partial charge in [-0.15, -0.1) is 0 Å². The molecule has 0 N–H and O–H groups in total. The van der Waals surface area contributed by atoms with E-state index in [1.165, 1.54) is 10.4 Å². The molecule has 0 atom stereocenters. The fraction of sp³-hybridized carbons (Fsp3) is 0.455. The van der Waals surface area contributed by atoms with Gasteiger partial charge in [0.15, 0.2) is 0 Å². The van der Waals surface area contributed by atoms with Crippen LogP contribution < -0.4 is 0 Å². The Bertz CT molecular complexity index is 522. The summed E-state index contributed by atoms with van der Waals surface area (Å²) < 4.78 is 39.2. The Morgan fingerprint density at radius 1 is 1.44 bits per heavy atom. The first-order valence-electron chi connectivity index (χ1n) is 5.33. The molecular formula is C11H14BrClFNO2S. The maximum atomic E-state index is 13.2. The highest BCUT2D eigenvalue weighted by molar-refractivity contribution is 9.09. The number of rotatable bonds is 5. The van der Waals surface area contributed by atoms with Gasteiger partial charge in [0.25, 0.3) is 0 Å². The molecule has 0 heterocycles. The zero-order chi connectivity index (χ0) is 13.9. The van der Waals surface area contributed by atoms with E-state index >= 15 is 0 Å².